The van der Waals surface area contributed by atoms with Crippen molar-refractivity contribution >= 4 is 11.7 Å². The first-order chi connectivity index (χ1) is 8.90. The summed E-state index contributed by atoms with van der Waals surface area (Å²) in [4.78, 5) is 3.23. The molecule has 0 saturated carbocycles. The van der Waals surface area contributed by atoms with Crippen LogP contribution in [0, 0.1) is 11.6 Å². The Kier molecular flexibility index (Phi) is 5.09. The number of nitrogens with zero attached hydrogens (tertiary/aromatic N) is 1. The van der Waals surface area contributed by atoms with Gasteiger partial charge in [0.15, 0.2) is 0 Å². The van der Waals surface area contributed by atoms with Crippen LogP contribution in [0.5, 0.6) is 0 Å². The number of alkyl halides is 2. The SMILES string of the molecule is C=C(OC(=NC)C(F)F)c1cc(F)c(CC)c(F)c1. The Balaban J connectivity index is 3.02. The summed E-state index contributed by atoms with van der Waals surface area (Å²) < 4.78 is 56.6. The van der Waals surface area contributed by atoms with Gasteiger partial charge in [-0.05, 0) is 18.6 Å². The van der Waals surface area contributed by atoms with Crippen LogP contribution in [0.3, 0.4) is 0 Å². The van der Waals surface area contributed by atoms with Crippen molar-refractivity contribution < 1.29 is 22.3 Å². The standard InChI is InChI=1S/C13H13F4NO/c1-4-9-10(14)5-8(6-11(9)15)7(2)19-13(18-3)12(16)17/h5-6,12H,2,4H2,1,3H3. The molecular weight excluding hydrogens is 262 g/mol. The van der Waals surface area contributed by atoms with Crippen LogP contribution < -0.4 is 0 Å². The molecule has 0 spiro atoms. The molecule has 0 aromatic heterocycles. The van der Waals surface area contributed by atoms with Gasteiger partial charge in [-0.1, -0.05) is 13.5 Å². The predicted octanol–water partition coefficient (Wildman–Crippen LogP) is 3.81. The van der Waals surface area contributed by atoms with Gasteiger partial charge in [-0.3, -0.25) is 4.99 Å². The summed E-state index contributed by atoms with van der Waals surface area (Å²) in [6.45, 7) is 4.97. The molecular formula is C13H13F4NO. The first kappa shape index (κ1) is 15.2. The molecule has 0 N–H and O–H groups in total. The zero-order chi connectivity index (χ0) is 14.6. The highest BCUT2D eigenvalue weighted by Crippen LogP contribution is 2.22. The lowest BCUT2D eigenvalue weighted by Gasteiger charge is -2.11. The summed E-state index contributed by atoms with van der Waals surface area (Å²) in [5.41, 5.74) is -0.121. The van der Waals surface area contributed by atoms with Crippen LogP contribution in [-0.2, 0) is 11.2 Å². The summed E-state index contributed by atoms with van der Waals surface area (Å²) >= 11 is 0. The Morgan fingerprint density at radius 3 is 2.21 bits per heavy atom. The molecule has 0 amide bonds. The maximum Gasteiger partial charge on any atom is 0.312 e. The molecule has 0 aliphatic carbocycles. The van der Waals surface area contributed by atoms with Crippen LogP contribution in [0.2, 0.25) is 0 Å². The quantitative estimate of drug-likeness (QED) is 0.354. The van der Waals surface area contributed by atoms with Gasteiger partial charge >= 0.3 is 6.43 Å². The van der Waals surface area contributed by atoms with Gasteiger partial charge in [0.05, 0.1) is 0 Å². The molecule has 1 rings (SSSR count). The molecule has 0 aliphatic rings. The Morgan fingerprint density at radius 2 is 1.84 bits per heavy atom. The van der Waals surface area contributed by atoms with Crippen LogP contribution in [0.1, 0.15) is 18.1 Å². The lowest BCUT2D eigenvalue weighted by atomic mass is 10.1. The van der Waals surface area contributed by atoms with Crippen molar-refractivity contribution in [2.45, 2.75) is 19.8 Å². The molecule has 0 radical (unpaired) electrons. The third kappa shape index (κ3) is 3.56. The number of benzene rings is 1. The lowest BCUT2D eigenvalue weighted by Crippen LogP contribution is -2.14. The second-order valence-corrected chi connectivity index (χ2v) is 3.66. The molecule has 1 aromatic rings. The maximum atomic E-state index is 13.5. The number of aliphatic imine (C=N–C) groups is 1. The largest absolute Gasteiger partial charge is 0.438 e. The van der Waals surface area contributed by atoms with Crippen LogP contribution in [-0.4, -0.2) is 19.4 Å². The van der Waals surface area contributed by atoms with Gasteiger partial charge in [0, 0.05) is 18.2 Å². The highest BCUT2D eigenvalue weighted by Gasteiger charge is 2.18. The summed E-state index contributed by atoms with van der Waals surface area (Å²) in [6, 6.07) is 1.98. The number of hydrogen-bond acceptors (Lipinski definition) is 2. The van der Waals surface area contributed by atoms with Gasteiger partial charge in [-0.25, -0.2) is 8.78 Å². The topological polar surface area (TPSA) is 21.6 Å². The van der Waals surface area contributed by atoms with E-state index in [-0.39, 0.29) is 23.3 Å². The summed E-state index contributed by atoms with van der Waals surface area (Å²) in [6.07, 6.45) is -2.74. The number of hydrogen-bond donors (Lipinski definition) is 0. The Morgan fingerprint density at radius 1 is 1.32 bits per heavy atom. The fourth-order valence-corrected chi connectivity index (χ4v) is 1.47. The van der Waals surface area contributed by atoms with Crippen LogP contribution in [0.15, 0.2) is 23.7 Å². The third-order valence-corrected chi connectivity index (χ3v) is 2.45. The zero-order valence-corrected chi connectivity index (χ0v) is 10.5. The number of halogens is 4. The second kappa shape index (κ2) is 6.36. The van der Waals surface area contributed by atoms with Gasteiger partial charge < -0.3 is 4.74 Å². The maximum absolute atomic E-state index is 13.5. The Hall–Kier alpha value is -1.85. The van der Waals surface area contributed by atoms with E-state index in [0.29, 0.717) is 0 Å². The van der Waals surface area contributed by atoms with E-state index in [2.05, 4.69) is 11.6 Å². The fraction of sp³-hybridized carbons (Fsp3) is 0.308. The van der Waals surface area contributed by atoms with Crippen molar-refractivity contribution in [3.05, 3.63) is 41.5 Å². The molecule has 0 aliphatic heterocycles. The summed E-state index contributed by atoms with van der Waals surface area (Å²) in [5.74, 6) is -2.68. The summed E-state index contributed by atoms with van der Waals surface area (Å²) in [5, 5.41) is 0. The fourth-order valence-electron chi connectivity index (χ4n) is 1.47. The van der Waals surface area contributed by atoms with E-state index in [1.807, 2.05) is 0 Å². The molecule has 104 valence electrons. The second-order valence-electron chi connectivity index (χ2n) is 3.66. The first-order valence-corrected chi connectivity index (χ1v) is 5.50. The van der Waals surface area contributed by atoms with Gasteiger partial charge in [0.2, 0.25) is 0 Å². The minimum absolute atomic E-state index is 0.0472. The molecule has 19 heavy (non-hydrogen) atoms. The molecule has 6 heteroatoms. The monoisotopic (exact) mass is 275 g/mol. The molecule has 0 unspecified atom stereocenters. The third-order valence-electron chi connectivity index (χ3n) is 2.45. The van der Waals surface area contributed by atoms with Crippen molar-refractivity contribution in [3.8, 4) is 0 Å². The molecule has 0 bridgehead atoms. The minimum Gasteiger partial charge on any atom is -0.438 e. The lowest BCUT2D eigenvalue weighted by molar-refractivity contribution is 0.196. The van der Waals surface area contributed by atoms with E-state index in [1.54, 1.807) is 6.92 Å². The molecule has 0 fully saturated rings. The highest BCUT2D eigenvalue weighted by molar-refractivity contribution is 5.84. The molecule has 2 nitrogen and oxygen atoms in total. The molecule has 0 saturated heterocycles. The van der Waals surface area contributed by atoms with Crippen molar-refractivity contribution in [2.24, 2.45) is 4.99 Å². The van der Waals surface area contributed by atoms with E-state index in [9.17, 15) is 17.6 Å². The van der Waals surface area contributed by atoms with Crippen molar-refractivity contribution in [1.82, 2.24) is 0 Å². The normalized spacial score (nSPS) is 11.8. The average molecular weight is 275 g/mol. The van der Waals surface area contributed by atoms with Gasteiger partial charge in [-0.15, -0.1) is 0 Å². The van der Waals surface area contributed by atoms with Crippen LogP contribution in [0.4, 0.5) is 17.6 Å². The van der Waals surface area contributed by atoms with Gasteiger partial charge in [0.25, 0.3) is 5.90 Å². The van der Waals surface area contributed by atoms with Crippen LogP contribution in [0.25, 0.3) is 5.76 Å². The predicted molar refractivity (Wildman–Crippen MR) is 65.2 cm³/mol. The van der Waals surface area contributed by atoms with E-state index in [1.165, 1.54) is 0 Å². The van der Waals surface area contributed by atoms with E-state index in [0.717, 1.165) is 19.2 Å². The van der Waals surface area contributed by atoms with E-state index in [4.69, 9.17) is 4.74 Å². The average Bonchev–Trinajstić information content (AvgIpc) is 2.34. The number of ether oxygens (including phenoxy) is 1. The molecule has 1 aromatic carbocycles. The van der Waals surface area contributed by atoms with Gasteiger partial charge in [0.1, 0.15) is 17.4 Å². The first-order valence-electron chi connectivity index (χ1n) is 5.50. The molecule has 0 heterocycles. The summed E-state index contributed by atoms with van der Waals surface area (Å²) in [7, 11) is 1.12. The van der Waals surface area contributed by atoms with Crippen molar-refractivity contribution in [3.63, 3.8) is 0 Å². The zero-order valence-electron chi connectivity index (χ0n) is 10.5. The number of rotatable bonds is 4. The highest BCUT2D eigenvalue weighted by atomic mass is 19.3. The van der Waals surface area contributed by atoms with Crippen LogP contribution >= 0.6 is 0 Å². The van der Waals surface area contributed by atoms with Gasteiger partial charge in [-0.2, -0.15) is 8.78 Å². The van der Waals surface area contributed by atoms with Crippen molar-refractivity contribution in [1.29, 1.82) is 0 Å². The van der Waals surface area contributed by atoms with Crippen molar-refractivity contribution in [2.75, 3.05) is 7.05 Å². The minimum atomic E-state index is -2.92. The van der Waals surface area contributed by atoms with E-state index < -0.39 is 24.0 Å². The Labute approximate surface area is 108 Å². The smallest absolute Gasteiger partial charge is 0.312 e. The molecule has 0 atom stereocenters. The van der Waals surface area contributed by atoms with E-state index >= 15 is 0 Å². The Bertz CT molecular complexity index is 488.